The monoisotopic (exact) mass is 898 g/mol. The van der Waals surface area contributed by atoms with Gasteiger partial charge in [0, 0.05) is 57.5 Å². The molecule has 8 heteroatoms. The van der Waals surface area contributed by atoms with Gasteiger partial charge in [-0.05, 0) is 183 Å². The molecule has 0 fully saturated rings. The summed E-state index contributed by atoms with van der Waals surface area (Å²) in [4.78, 5) is 0. The molecule has 66 heavy (non-hydrogen) atoms. The second kappa shape index (κ2) is 15.8. The Morgan fingerprint density at radius 2 is 0.697 bits per heavy atom. The SMILES string of the molecule is c1ccc2c(c1)ccn2P(Oc1ccc2c(c1-c1c(OP(n3ccc4ccccc43)n3ccc4ccc5c(c43)CCC5)ccc3c1CCCC3)CCCC2)n1ccc2ccc3c(c21)CCC3. The lowest BCUT2D eigenvalue weighted by molar-refractivity contribution is 0.582. The molecule has 4 aromatic heterocycles. The van der Waals surface area contributed by atoms with E-state index in [2.05, 4.69) is 163 Å². The summed E-state index contributed by atoms with van der Waals surface area (Å²) in [5.74, 6) is 1.91. The molecule has 0 amide bonds. The Labute approximate surface area is 388 Å². The number of para-hydroxylation sites is 2. The highest BCUT2D eigenvalue weighted by Crippen LogP contribution is 2.56. The molecule has 14 rings (SSSR count). The lowest BCUT2D eigenvalue weighted by Crippen LogP contribution is -2.13. The van der Waals surface area contributed by atoms with E-state index in [4.69, 9.17) is 9.05 Å². The number of aryl methyl sites for hydroxylation is 6. The van der Waals surface area contributed by atoms with Gasteiger partial charge < -0.3 is 9.05 Å². The molecule has 2 unspecified atom stereocenters. The van der Waals surface area contributed by atoms with Crippen LogP contribution in [0.1, 0.15) is 83.0 Å². The smallest absolute Gasteiger partial charge is 0.318 e. The predicted molar refractivity (Wildman–Crippen MR) is 274 cm³/mol. The molecule has 0 bridgehead atoms. The third-order valence-corrected chi connectivity index (χ3v) is 18.9. The molecule has 0 radical (unpaired) electrons. The van der Waals surface area contributed by atoms with Crippen LogP contribution in [0.25, 0.3) is 54.7 Å². The van der Waals surface area contributed by atoms with Crippen LogP contribution in [0.5, 0.6) is 11.5 Å². The first-order valence-electron chi connectivity index (χ1n) is 24.4. The van der Waals surface area contributed by atoms with Crippen LogP contribution in [0.15, 0.2) is 146 Å². The Kier molecular flexibility index (Phi) is 9.36. The molecule has 326 valence electrons. The summed E-state index contributed by atoms with van der Waals surface area (Å²) >= 11 is 0. The Hall–Kier alpha value is -6.06. The zero-order chi connectivity index (χ0) is 43.3. The minimum Gasteiger partial charge on any atom is -0.435 e. The van der Waals surface area contributed by atoms with Crippen LogP contribution in [0.2, 0.25) is 0 Å². The number of fused-ring (bicyclic) bond motifs is 10. The lowest BCUT2D eigenvalue weighted by atomic mass is 9.80. The number of aromatic nitrogens is 4. The molecule has 10 aromatic rings. The van der Waals surface area contributed by atoms with Crippen LogP contribution in [0.3, 0.4) is 0 Å². The Morgan fingerprint density at radius 1 is 0.318 bits per heavy atom. The number of rotatable bonds is 9. The summed E-state index contributed by atoms with van der Waals surface area (Å²) in [7, 11) is -2.86. The van der Waals surface area contributed by atoms with Crippen LogP contribution in [0, 0.1) is 0 Å². The van der Waals surface area contributed by atoms with E-state index in [0.717, 1.165) is 62.9 Å². The summed E-state index contributed by atoms with van der Waals surface area (Å²) in [6.07, 6.45) is 25.0. The van der Waals surface area contributed by atoms with Crippen molar-refractivity contribution < 1.29 is 9.05 Å². The minimum absolute atomic E-state index is 0.956. The highest BCUT2D eigenvalue weighted by molar-refractivity contribution is 7.50. The van der Waals surface area contributed by atoms with E-state index in [1.165, 1.54) is 138 Å². The molecular formula is C58H52N4O2P2. The van der Waals surface area contributed by atoms with Crippen molar-refractivity contribution in [2.75, 3.05) is 0 Å². The van der Waals surface area contributed by atoms with Crippen LogP contribution < -0.4 is 9.05 Å². The van der Waals surface area contributed by atoms with Gasteiger partial charge in [0.2, 0.25) is 0 Å². The lowest BCUT2D eigenvalue weighted by Gasteiger charge is -2.31. The second-order valence-electron chi connectivity index (χ2n) is 19.0. The molecule has 4 heterocycles. The van der Waals surface area contributed by atoms with Crippen molar-refractivity contribution in [3.8, 4) is 22.6 Å². The highest BCUT2D eigenvalue weighted by Gasteiger charge is 2.33. The Balaban J connectivity index is 1.000. The molecule has 4 aliphatic carbocycles. The van der Waals surface area contributed by atoms with Crippen molar-refractivity contribution in [3.63, 3.8) is 0 Å². The summed E-state index contributed by atoms with van der Waals surface area (Å²) < 4.78 is 25.7. The van der Waals surface area contributed by atoms with Crippen LogP contribution in [-0.4, -0.2) is 17.4 Å². The topological polar surface area (TPSA) is 38.2 Å². The minimum atomic E-state index is -1.43. The fourth-order valence-electron chi connectivity index (χ4n) is 12.2. The molecule has 6 aromatic carbocycles. The number of benzene rings is 6. The highest BCUT2D eigenvalue weighted by atomic mass is 31.2. The fraction of sp³-hybridized carbons (Fsp3) is 0.241. The molecule has 4 aliphatic rings. The first kappa shape index (κ1) is 39.1. The van der Waals surface area contributed by atoms with Gasteiger partial charge in [0.1, 0.15) is 11.5 Å². The first-order chi connectivity index (χ1) is 32.7. The summed E-state index contributed by atoms with van der Waals surface area (Å²) in [6, 6.07) is 45.5. The third-order valence-electron chi connectivity index (χ3n) is 15.3. The number of hydrogen-bond acceptors (Lipinski definition) is 2. The average molecular weight is 899 g/mol. The maximum Gasteiger partial charge on any atom is 0.318 e. The third kappa shape index (κ3) is 6.21. The van der Waals surface area contributed by atoms with E-state index in [1.807, 2.05) is 0 Å². The van der Waals surface area contributed by atoms with Crippen molar-refractivity contribution in [1.29, 1.82) is 0 Å². The predicted octanol–water partition coefficient (Wildman–Crippen LogP) is 15.3. The Morgan fingerprint density at radius 3 is 1.20 bits per heavy atom. The molecule has 0 aliphatic heterocycles. The van der Waals surface area contributed by atoms with Gasteiger partial charge >= 0.3 is 16.9 Å². The standard InChI is InChI=1S/C58H52N4O2P2/c1-5-17-47-39(11-1)27-29-53(63-65(59-35-31-43-13-3-7-21-51(43)59)61-37-33-45-25-23-41-15-9-19-49(41)57(45)61)55(47)56-48-18-6-2-12-40(48)28-30-54(56)64-66(60-36-32-44-14-4-8-22-52(44)60)62-38-34-46-26-24-42-16-10-20-50(42)58(46)62/h3-4,7-8,13-14,21-38H,1-2,5-6,9-12,15-20H2. The van der Waals surface area contributed by atoms with Gasteiger partial charge in [0.25, 0.3) is 0 Å². The zero-order valence-electron chi connectivity index (χ0n) is 37.3. The van der Waals surface area contributed by atoms with Gasteiger partial charge in [-0.3, -0.25) is 17.4 Å². The summed E-state index contributed by atoms with van der Waals surface area (Å²) in [6.45, 7) is 0. The van der Waals surface area contributed by atoms with Crippen LogP contribution >= 0.6 is 16.9 Å². The quantitative estimate of drug-likeness (QED) is 0.135. The van der Waals surface area contributed by atoms with E-state index >= 15 is 0 Å². The van der Waals surface area contributed by atoms with E-state index in [-0.39, 0.29) is 0 Å². The molecule has 2 atom stereocenters. The number of hydrogen-bond donors (Lipinski definition) is 0. The molecule has 0 saturated heterocycles. The molecular weight excluding hydrogens is 847 g/mol. The van der Waals surface area contributed by atoms with Crippen molar-refractivity contribution in [2.24, 2.45) is 0 Å². The van der Waals surface area contributed by atoms with Gasteiger partial charge in [-0.15, -0.1) is 0 Å². The Bertz CT molecular complexity index is 3320. The maximum atomic E-state index is 7.92. The summed E-state index contributed by atoms with van der Waals surface area (Å²) in [5, 5.41) is 5.03. The molecule has 0 saturated carbocycles. The molecule has 0 spiro atoms. The normalized spacial score (nSPS) is 16.4. The van der Waals surface area contributed by atoms with Crippen molar-refractivity contribution in [3.05, 3.63) is 191 Å². The van der Waals surface area contributed by atoms with Crippen molar-refractivity contribution in [2.45, 2.75) is 89.9 Å². The molecule has 6 nitrogen and oxygen atoms in total. The van der Waals surface area contributed by atoms with Gasteiger partial charge in [-0.25, -0.2) is 0 Å². The van der Waals surface area contributed by atoms with Gasteiger partial charge in [-0.2, -0.15) is 0 Å². The molecule has 0 N–H and O–H groups in total. The maximum absolute atomic E-state index is 7.92. The fourth-order valence-corrected chi connectivity index (χ4v) is 15.9. The van der Waals surface area contributed by atoms with Gasteiger partial charge in [-0.1, -0.05) is 72.8 Å². The van der Waals surface area contributed by atoms with Crippen LogP contribution in [0.4, 0.5) is 0 Å². The van der Waals surface area contributed by atoms with E-state index in [9.17, 15) is 0 Å². The number of nitrogens with zero attached hydrogens (tertiary/aromatic N) is 4. The van der Waals surface area contributed by atoms with E-state index in [0.29, 0.717) is 0 Å². The van der Waals surface area contributed by atoms with E-state index < -0.39 is 16.9 Å². The van der Waals surface area contributed by atoms with E-state index in [1.54, 1.807) is 0 Å². The van der Waals surface area contributed by atoms with Crippen molar-refractivity contribution >= 4 is 60.5 Å². The van der Waals surface area contributed by atoms with Gasteiger partial charge in [0.15, 0.2) is 0 Å². The van der Waals surface area contributed by atoms with Crippen LogP contribution in [-0.2, 0) is 51.4 Å². The zero-order valence-corrected chi connectivity index (χ0v) is 39.0. The van der Waals surface area contributed by atoms with Gasteiger partial charge in [0.05, 0.1) is 22.1 Å². The van der Waals surface area contributed by atoms with Crippen molar-refractivity contribution in [1.82, 2.24) is 17.4 Å². The second-order valence-corrected chi connectivity index (χ2v) is 22.1. The first-order valence-corrected chi connectivity index (χ1v) is 26.7. The largest absolute Gasteiger partial charge is 0.435 e. The summed E-state index contributed by atoms with van der Waals surface area (Å²) in [5.41, 5.74) is 19.2. The average Bonchev–Trinajstić information content (AvgIpc) is 4.23.